The van der Waals surface area contributed by atoms with Gasteiger partial charge in [-0.2, -0.15) is 0 Å². The maximum Gasteiger partial charge on any atom is 0.195 e. The maximum atomic E-state index is 12.7. The number of carbonyl (C=O) groups excluding carboxylic acids is 2. The highest BCUT2D eigenvalue weighted by molar-refractivity contribution is 9.10. The zero-order chi connectivity index (χ0) is 18.4. The molecule has 3 nitrogen and oxygen atoms in total. The molecule has 3 aromatic carbocycles. The molecule has 0 aromatic heterocycles. The Bertz CT molecular complexity index is 947. The molecule has 0 saturated carbocycles. The van der Waals surface area contributed by atoms with Crippen molar-refractivity contribution in [2.24, 2.45) is 0 Å². The minimum Gasteiger partial charge on any atom is -0.361 e. The van der Waals surface area contributed by atoms with Crippen molar-refractivity contribution in [3.05, 3.63) is 112 Å². The quantitative estimate of drug-likeness (QED) is 0.435. The van der Waals surface area contributed by atoms with Crippen molar-refractivity contribution >= 4 is 33.2 Å². The molecular formula is C22H16BrNO2. The van der Waals surface area contributed by atoms with E-state index >= 15 is 0 Å². The Morgan fingerprint density at radius 2 is 1.42 bits per heavy atom. The van der Waals surface area contributed by atoms with Crippen molar-refractivity contribution in [2.45, 2.75) is 0 Å². The number of allylic oxidation sites excluding steroid dienone is 1. The van der Waals surface area contributed by atoms with Gasteiger partial charge in [0.1, 0.15) is 0 Å². The highest BCUT2D eigenvalue weighted by Crippen LogP contribution is 2.19. The molecule has 26 heavy (non-hydrogen) atoms. The third-order valence-electron chi connectivity index (χ3n) is 3.81. The molecule has 3 aromatic rings. The van der Waals surface area contributed by atoms with Gasteiger partial charge in [0.15, 0.2) is 11.6 Å². The van der Waals surface area contributed by atoms with Crippen LogP contribution in [0.5, 0.6) is 0 Å². The monoisotopic (exact) mass is 405 g/mol. The van der Waals surface area contributed by atoms with E-state index in [1.165, 1.54) is 6.08 Å². The summed E-state index contributed by atoms with van der Waals surface area (Å²) in [5.74, 6) is -0.182. The summed E-state index contributed by atoms with van der Waals surface area (Å²) in [6, 6.07) is 23.5. The van der Waals surface area contributed by atoms with Gasteiger partial charge in [-0.05, 0) is 36.4 Å². The first-order chi connectivity index (χ1) is 12.6. The summed E-state index contributed by atoms with van der Waals surface area (Å²) in [4.78, 5) is 24.9. The van der Waals surface area contributed by atoms with Crippen molar-refractivity contribution in [1.29, 1.82) is 0 Å². The molecule has 0 heterocycles. The minimum atomic E-state index is -0.114. The summed E-state index contributed by atoms with van der Waals surface area (Å²) in [5, 5.41) is 3.04. The van der Waals surface area contributed by atoms with Crippen LogP contribution < -0.4 is 5.32 Å². The number of anilines is 1. The molecular weight excluding hydrogens is 390 g/mol. The number of para-hydroxylation sites is 1. The fourth-order valence-electron chi connectivity index (χ4n) is 2.47. The summed E-state index contributed by atoms with van der Waals surface area (Å²) in [6.07, 6.45) is 3.01. The van der Waals surface area contributed by atoms with Gasteiger partial charge in [0, 0.05) is 39.1 Å². The van der Waals surface area contributed by atoms with Crippen LogP contribution in [0.3, 0.4) is 0 Å². The van der Waals surface area contributed by atoms with Crippen LogP contribution in [0.25, 0.3) is 0 Å². The molecule has 3 rings (SSSR count). The van der Waals surface area contributed by atoms with E-state index in [9.17, 15) is 9.59 Å². The van der Waals surface area contributed by atoms with Crippen molar-refractivity contribution in [3.8, 4) is 0 Å². The highest BCUT2D eigenvalue weighted by atomic mass is 79.9. The van der Waals surface area contributed by atoms with Gasteiger partial charge in [-0.3, -0.25) is 9.59 Å². The molecule has 0 radical (unpaired) electrons. The molecule has 0 fully saturated rings. The van der Waals surface area contributed by atoms with E-state index in [0.717, 1.165) is 4.47 Å². The molecule has 0 aliphatic carbocycles. The Morgan fingerprint density at radius 1 is 0.769 bits per heavy atom. The molecule has 0 amide bonds. The largest absolute Gasteiger partial charge is 0.361 e. The van der Waals surface area contributed by atoms with Crippen molar-refractivity contribution in [2.75, 3.05) is 5.32 Å². The summed E-state index contributed by atoms with van der Waals surface area (Å²) in [5.41, 5.74) is 2.43. The average molecular weight is 406 g/mol. The topological polar surface area (TPSA) is 46.2 Å². The SMILES string of the molecule is O=C(/C=C\Nc1ccccc1C(=O)c1ccccc1)c1ccc(Br)cc1. The first kappa shape index (κ1) is 17.8. The lowest BCUT2D eigenvalue weighted by Crippen LogP contribution is -2.05. The number of benzene rings is 3. The molecule has 0 atom stereocenters. The zero-order valence-corrected chi connectivity index (χ0v) is 15.4. The number of rotatable bonds is 6. The van der Waals surface area contributed by atoms with Crippen LogP contribution in [0.15, 0.2) is 95.6 Å². The lowest BCUT2D eigenvalue weighted by molar-refractivity contribution is 0.103. The lowest BCUT2D eigenvalue weighted by atomic mass is 10.0. The van der Waals surface area contributed by atoms with E-state index in [0.29, 0.717) is 22.4 Å². The number of nitrogens with one attached hydrogen (secondary N) is 1. The van der Waals surface area contributed by atoms with E-state index < -0.39 is 0 Å². The normalized spacial score (nSPS) is 10.7. The third-order valence-corrected chi connectivity index (χ3v) is 4.34. The van der Waals surface area contributed by atoms with Crippen LogP contribution in [0.4, 0.5) is 5.69 Å². The van der Waals surface area contributed by atoms with Crippen LogP contribution in [0.1, 0.15) is 26.3 Å². The van der Waals surface area contributed by atoms with Crippen LogP contribution in [-0.4, -0.2) is 11.6 Å². The van der Waals surface area contributed by atoms with Gasteiger partial charge in [-0.1, -0.05) is 58.4 Å². The molecule has 0 unspecified atom stereocenters. The van der Waals surface area contributed by atoms with Crippen LogP contribution in [-0.2, 0) is 0 Å². The molecule has 0 saturated heterocycles. The molecule has 4 heteroatoms. The number of ketones is 2. The van der Waals surface area contributed by atoms with Gasteiger partial charge in [0.05, 0.1) is 0 Å². The summed E-state index contributed by atoms with van der Waals surface area (Å²) in [7, 11) is 0. The maximum absolute atomic E-state index is 12.7. The van der Waals surface area contributed by atoms with Gasteiger partial charge in [0.2, 0.25) is 0 Å². The first-order valence-electron chi connectivity index (χ1n) is 8.07. The predicted molar refractivity (Wildman–Crippen MR) is 108 cm³/mol. The number of halogens is 1. The Hall–Kier alpha value is -2.98. The van der Waals surface area contributed by atoms with Gasteiger partial charge < -0.3 is 5.32 Å². The van der Waals surface area contributed by atoms with E-state index in [1.54, 1.807) is 36.5 Å². The number of carbonyl (C=O) groups is 2. The van der Waals surface area contributed by atoms with Crippen LogP contribution >= 0.6 is 15.9 Å². The second kappa shape index (κ2) is 8.41. The standard InChI is InChI=1S/C22H16BrNO2/c23-18-12-10-16(11-13-18)21(25)14-15-24-20-9-5-4-8-19(20)22(26)17-6-2-1-3-7-17/h1-15,24H/b15-14-. The third kappa shape index (κ3) is 4.35. The average Bonchev–Trinajstić information content (AvgIpc) is 2.69. The Labute approximate surface area is 160 Å². The Balaban J connectivity index is 1.75. The second-order valence-electron chi connectivity index (χ2n) is 5.59. The van der Waals surface area contributed by atoms with E-state index in [2.05, 4.69) is 21.2 Å². The van der Waals surface area contributed by atoms with E-state index in [4.69, 9.17) is 0 Å². The van der Waals surface area contributed by atoms with E-state index in [1.807, 2.05) is 48.5 Å². The molecule has 128 valence electrons. The van der Waals surface area contributed by atoms with Crippen LogP contribution in [0, 0.1) is 0 Å². The van der Waals surface area contributed by atoms with Crippen molar-refractivity contribution in [3.63, 3.8) is 0 Å². The molecule has 0 spiro atoms. The van der Waals surface area contributed by atoms with Crippen molar-refractivity contribution < 1.29 is 9.59 Å². The number of hydrogen-bond acceptors (Lipinski definition) is 3. The summed E-state index contributed by atoms with van der Waals surface area (Å²) in [6.45, 7) is 0. The summed E-state index contributed by atoms with van der Waals surface area (Å²) < 4.78 is 0.921. The number of hydrogen-bond donors (Lipinski definition) is 1. The molecule has 1 N–H and O–H groups in total. The minimum absolute atomic E-state index is 0.0682. The fourth-order valence-corrected chi connectivity index (χ4v) is 2.73. The molecule has 0 bridgehead atoms. The lowest BCUT2D eigenvalue weighted by Gasteiger charge is -2.08. The fraction of sp³-hybridized carbons (Fsp3) is 0. The predicted octanol–water partition coefficient (Wildman–Crippen LogP) is 5.49. The van der Waals surface area contributed by atoms with Gasteiger partial charge in [0.25, 0.3) is 0 Å². The smallest absolute Gasteiger partial charge is 0.195 e. The zero-order valence-electron chi connectivity index (χ0n) is 13.9. The van der Waals surface area contributed by atoms with Gasteiger partial charge >= 0.3 is 0 Å². The second-order valence-corrected chi connectivity index (χ2v) is 6.51. The first-order valence-corrected chi connectivity index (χ1v) is 8.86. The summed E-state index contributed by atoms with van der Waals surface area (Å²) >= 11 is 3.34. The Morgan fingerprint density at radius 3 is 2.15 bits per heavy atom. The van der Waals surface area contributed by atoms with Crippen molar-refractivity contribution in [1.82, 2.24) is 0 Å². The molecule has 0 aliphatic rings. The molecule has 0 aliphatic heterocycles. The van der Waals surface area contributed by atoms with E-state index in [-0.39, 0.29) is 11.6 Å². The van der Waals surface area contributed by atoms with Gasteiger partial charge in [-0.15, -0.1) is 0 Å². The van der Waals surface area contributed by atoms with Crippen LogP contribution in [0.2, 0.25) is 0 Å². The van der Waals surface area contributed by atoms with Gasteiger partial charge in [-0.25, -0.2) is 0 Å². The Kier molecular flexibility index (Phi) is 5.77. The highest BCUT2D eigenvalue weighted by Gasteiger charge is 2.12.